The number of nitrogens with zero attached hydrogens (tertiary/aromatic N) is 4. The third-order valence-corrected chi connectivity index (χ3v) is 8.88. The van der Waals surface area contributed by atoms with Crippen LogP contribution in [0.25, 0.3) is 44.8 Å². The van der Waals surface area contributed by atoms with E-state index in [-0.39, 0.29) is 44.7 Å². The number of hydrogen-bond acceptors (Lipinski definition) is 8. The zero-order valence-electron chi connectivity index (χ0n) is 28.7. The Kier molecular flexibility index (Phi) is 9.61. The Balaban J connectivity index is 1.71. The van der Waals surface area contributed by atoms with Crippen LogP contribution in [0, 0.1) is 0 Å². The first kappa shape index (κ1) is 38.6. The molecule has 0 unspecified atom stereocenters. The highest BCUT2D eigenvalue weighted by Crippen LogP contribution is 2.44. The molecule has 2 aromatic heterocycles. The lowest BCUT2D eigenvalue weighted by Crippen LogP contribution is -2.17. The van der Waals surface area contributed by atoms with Gasteiger partial charge in [-0.2, -0.15) is 26.3 Å². The van der Waals surface area contributed by atoms with Crippen LogP contribution < -0.4 is 20.9 Å². The number of hydrogen-bond donors (Lipinski definition) is 4. The van der Waals surface area contributed by atoms with Crippen LogP contribution in [-0.4, -0.2) is 67.3 Å². The number of benzene rings is 4. The molecular weight excluding hydrogens is 758 g/mol. The normalized spacial score (nSPS) is 11.9. The topological polar surface area (TPSA) is 215 Å². The Morgan fingerprint density at radius 1 is 0.607 bits per heavy atom. The summed E-state index contributed by atoms with van der Waals surface area (Å²) in [5.41, 5.74) is 3.76. The van der Waals surface area contributed by atoms with Crippen LogP contribution in [0.15, 0.2) is 60.7 Å². The van der Waals surface area contributed by atoms with Gasteiger partial charge in [0.1, 0.15) is 22.7 Å². The number of carbonyl (C=O) groups excluding carboxylic acids is 2. The molecule has 290 valence electrons. The molecule has 0 radical (unpaired) electrons. The fourth-order valence-corrected chi connectivity index (χ4v) is 6.59. The minimum Gasteiger partial charge on any atom is -0.494 e. The molecule has 0 saturated carbocycles. The molecule has 0 bridgehead atoms. The fourth-order valence-electron chi connectivity index (χ4n) is 6.59. The number of aryl methyl sites for hydroxylation is 2. The molecule has 56 heavy (non-hydrogen) atoms. The van der Waals surface area contributed by atoms with Gasteiger partial charge >= 0.3 is 24.3 Å². The first-order valence-corrected chi connectivity index (χ1v) is 15.9. The molecule has 0 saturated heterocycles. The predicted molar refractivity (Wildman–Crippen MR) is 184 cm³/mol. The van der Waals surface area contributed by atoms with Crippen LogP contribution >= 0.6 is 0 Å². The average molecular weight is 785 g/mol. The molecule has 14 nitrogen and oxygen atoms in total. The molecule has 0 aliphatic rings. The Labute approximate surface area is 309 Å². The summed E-state index contributed by atoms with van der Waals surface area (Å²) >= 11 is 0. The number of aromatic nitrogens is 4. The summed E-state index contributed by atoms with van der Waals surface area (Å²) in [6, 6.07) is 9.71. The van der Waals surface area contributed by atoms with Crippen molar-refractivity contribution >= 4 is 45.8 Å². The minimum absolute atomic E-state index is 0.0309. The van der Waals surface area contributed by atoms with Crippen molar-refractivity contribution in [2.24, 2.45) is 11.5 Å². The monoisotopic (exact) mass is 784 g/mol. The van der Waals surface area contributed by atoms with Gasteiger partial charge in [-0.05, 0) is 48.5 Å². The van der Waals surface area contributed by atoms with Crippen molar-refractivity contribution in [3.05, 3.63) is 94.0 Å². The van der Waals surface area contributed by atoms with E-state index < -0.39 is 94.2 Å². The molecule has 0 atom stereocenters. The standard InChI is InChI=1S/C36H26F6N6O8/c1-55-27-17(29(43)49)9-11-21-25(27)45-31(23-15(33(51)52)5-3-7-19(23)35(37,38)39)47(21)13-14-48-22-12-10-18(30(44)50)28(56-2)26(22)46-32(48)24-16(34(53)54)6-4-8-20(24)36(40,41)42/h3-12H,13-14H2,1-2H3,(H2,43,49)(H2,44,50)(H,51,52)(H,53,54). The number of methoxy groups -OCH3 is 2. The molecular formula is C36H26F6N6O8. The summed E-state index contributed by atoms with van der Waals surface area (Å²) in [6.07, 6.45) is -10.3. The molecule has 6 rings (SSSR count). The Morgan fingerprint density at radius 3 is 1.25 bits per heavy atom. The number of primary amides is 2. The van der Waals surface area contributed by atoms with Gasteiger partial charge < -0.3 is 40.3 Å². The van der Waals surface area contributed by atoms with Gasteiger partial charge in [0.25, 0.3) is 11.8 Å². The number of carboxylic acids is 2. The maximum absolute atomic E-state index is 14.6. The summed E-state index contributed by atoms with van der Waals surface area (Å²) in [5.74, 6) is -7.30. The number of fused-ring (bicyclic) bond motifs is 2. The molecule has 0 aliphatic carbocycles. The average Bonchev–Trinajstić information content (AvgIpc) is 3.69. The van der Waals surface area contributed by atoms with Crippen LogP contribution in [0.5, 0.6) is 11.5 Å². The molecule has 6 N–H and O–H groups in total. The molecule has 0 spiro atoms. The zero-order valence-corrected chi connectivity index (χ0v) is 28.7. The van der Waals surface area contributed by atoms with E-state index in [1.54, 1.807) is 0 Å². The van der Waals surface area contributed by atoms with Gasteiger partial charge in [0, 0.05) is 24.2 Å². The van der Waals surface area contributed by atoms with E-state index >= 15 is 0 Å². The molecule has 2 heterocycles. The molecule has 20 heteroatoms. The summed E-state index contributed by atoms with van der Waals surface area (Å²) in [5, 5.41) is 20.1. The van der Waals surface area contributed by atoms with Crippen LogP contribution in [-0.2, 0) is 25.4 Å². The van der Waals surface area contributed by atoms with E-state index in [4.69, 9.17) is 20.9 Å². The number of carbonyl (C=O) groups is 4. The van der Waals surface area contributed by atoms with E-state index in [1.807, 2.05) is 0 Å². The summed E-state index contributed by atoms with van der Waals surface area (Å²) in [7, 11) is 2.25. The van der Waals surface area contributed by atoms with E-state index in [1.165, 1.54) is 24.3 Å². The van der Waals surface area contributed by atoms with Gasteiger partial charge in [-0.1, -0.05) is 12.1 Å². The van der Waals surface area contributed by atoms with Crippen LogP contribution in [0.2, 0.25) is 0 Å². The minimum atomic E-state index is -5.14. The van der Waals surface area contributed by atoms with Crippen LogP contribution in [0.1, 0.15) is 52.6 Å². The lowest BCUT2D eigenvalue weighted by molar-refractivity contribution is -0.138. The number of amides is 2. The molecule has 6 aromatic rings. The number of alkyl halides is 6. The first-order valence-electron chi connectivity index (χ1n) is 15.9. The van der Waals surface area contributed by atoms with Crippen molar-refractivity contribution < 1.29 is 65.2 Å². The third kappa shape index (κ3) is 6.43. The number of aromatic carboxylic acids is 2. The summed E-state index contributed by atoms with van der Waals surface area (Å²) < 4.78 is 101. The third-order valence-electron chi connectivity index (χ3n) is 8.88. The fraction of sp³-hybridized carbons (Fsp3) is 0.167. The van der Waals surface area contributed by atoms with Crippen molar-refractivity contribution in [3.63, 3.8) is 0 Å². The summed E-state index contributed by atoms with van der Waals surface area (Å²) in [6.45, 7) is -1.05. The van der Waals surface area contributed by atoms with Gasteiger partial charge in [-0.3, -0.25) is 9.59 Å². The highest BCUT2D eigenvalue weighted by atomic mass is 19.4. The van der Waals surface area contributed by atoms with Gasteiger partial charge in [0.2, 0.25) is 0 Å². The van der Waals surface area contributed by atoms with Gasteiger partial charge in [0.15, 0.2) is 11.5 Å². The van der Waals surface area contributed by atoms with E-state index in [0.29, 0.717) is 12.1 Å². The smallest absolute Gasteiger partial charge is 0.417 e. The van der Waals surface area contributed by atoms with Crippen molar-refractivity contribution in [2.75, 3.05) is 14.2 Å². The van der Waals surface area contributed by atoms with Crippen molar-refractivity contribution in [1.29, 1.82) is 0 Å². The largest absolute Gasteiger partial charge is 0.494 e. The first-order chi connectivity index (χ1) is 26.3. The molecule has 0 fully saturated rings. The van der Waals surface area contributed by atoms with Crippen LogP contribution in [0.4, 0.5) is 26.3 Å². The van der Waals surface area contributed by atoms with Gasteiger partial charge in [-0.15, -0.1) is 0 Å². The second-order valence-corrected chi connectivity index (χ2v) is 12.0. The Hall–Kier alpha value is -7.12. The highest BCUT2D eigenvalue weighted by Gasteiger charge is 2.39. The maximum atomic E-state index is 14.6. The Bertz CT molecular complexity index is 2450. The van der Waals surface area contributed by atoms with E-state index in [9.17, 15) is 55.7 Å². The number of rotatable bonds is 11. The molecule has 2 amide bonds. The number of nitrogens with two attached hydrogens (primary N) is 2. The predicted octanol–water partition coefficient (Wildman–Crippen LogP) is 6.07. The molecule has 4 aromatic carbocycles. The lowest BCUT2D eigenvalue weighted by atomic mass is 9.99. The lowest BCUT2D eigenvalue weighted by Gasteiger charge is -2.19. The van der Waals surface area contributed by atoms with E-state index in [0.717, 1.165) is 47.6 Å². The molecule has 0 aliphatic heterocycles. The Morgan fingerprint density at radius 2 is 0.964 bits per heavy atom. The number of carboxylic acid groups (broad SMARTS) is 2. The van der Waals surface area contributed by atoms with Crippen molar-refractivity contribution in [3.8, 4) is 34.3 Å². The number of ether oxygens (including phenoxy) is 2. The van der Waals surface area contributed by atoms with Crippen molar-refractivity contribution in [1.82, 2.24) is 19.1 Å². The summed E-state index contributed by atoms with van der Waals surface area (Å²) in [4.78, 5) is 58.1. The van der Waals surface area contributed by atoms with E-state index in [2.05, 4.69) is 9.97 Å². The van der Waals surface area contributed by atoms with Crippen LogP contribution in [0.3, 0.4) is 0 Å². The van der Waals surface area contributed by atoms with Gasteiger partial charge in [-0.25, -0.2) is 19.6 Å². The van der Waals surface area contributed by atoms with Gasteiger partial charge in [0.05, 0.1) is 58.6 Å². The second-order valence-electron chi connectivity index (χ2n) is 12.0. The highest BCUT2D eigenvalue weighted by molar-refractivity contribution is 6.04. The maximum Gasteiger partial charge on any atom is 0.417 e. The number of imidazole rings is 2. The zero-order chi connectivity index (χ0) is 41.0. The quantitative estimate of drug-likeness (QED) is 0.111. The SMILES string of the molecule is COc1c(C(N)=O)ccc2c1nc(-c1c(C(=O)O)cccc1C(F)(F)F)n2CCn1c(-c2c(C(=O)O)cccc2C(F)(F)F)nc2c(OC)c(C(N)=O)ccc21. The number of halogens is 6. The van der Waals surface area contributed by atoms with Crippen molar-refractivity contribution in [2.45, 2.75) is 25.4 Å². The second kappa shape index (κ2) is 13.9.